The van der Waals surface area contributed by atoms with Gasteiger partial charge in [-0.25, -0.2) is 0 Å². The Morgan fingerprint density at radius 1 is 0.750 bits per heavy atom. The quantitative estimate of drug-likeness (QED) is 0.344. The first-order valence-corrected chi connectivity index (χ1v) is 11.1. The monoisotopic (exact) mass is 436 g/mol. The molecular weight excluding hydrogens is 416 g/mol. The lowest BCUT2D eigenvalue weighted by Gasteiger charge is -2.15. The molecule has 1 saturated heterocycles. The smallest absolute Gasteiger partial charge is 0.293 e. The van der Waals surface area contributed by atoms with Crippen molar-refractivity contribution in [1.29, 1.82) is 0 Å². The molecule has 0 N–H and O–H groups in total. The summed E-state index contributed by atoms with van der Waals surface area (Å²) in [4.78, 5) is 26.3. The molecule has 5 rings (SSSR count). The normalized spacial score (nSPS) is 15.0. The predicted molar refractivity (Wildman–Crippen MR) is 130 cm³/mol. The molecule has 0 unspecified atom stereocenters. The molecular formula is C27H20N2O2S. The average Bonchev–Trinajstić information content (AvgIpc) is 3.34. The average molecular weight is 437 g/mol. The zero-order valence-electron chi connectivity index (χ0n) is 17.4. The molecule has 0 spiro atoms. The minimum atomic E-state index is -0.271. The summed E-state index contributed by atoms with van der Waals surface area (Å²) in [5, 5.41) is -0.256. The van der Waals surface area contributed by atoms with E-state index in [-0.39, 0.29) is 11.1 Å². The first kappa shape index (κ1) is 20.1. The lowest BCUT2D eigenvalue weighted by Crippen LogP contribution is -2.22. The highest BCUT2D eigenvalue weighted by atomic mass is 32.2. The number of rotatable bonds is 4. The topological polar surface area (TPSA) is 42.3 Å². The predicted octanol–water partition coefficient (Wildman–Crippen LogP) is 6.48. The summed E-state index contributed by atoms with van der Waals surface area (Å²) in [7, 11) is 1.52. The summed E-state index contributed by atoms with van der Waals surface area (Å²) in [6, 6.07) is 32.6. The number of hydrogen-bond acceptors (Lipinski definition) is 3. The number of nitrogens with zero attached hydrogens (tertiary/aromatic N) is 2. The second-order valence-electron chi connectivity index (χ2n) is 7.48. The van der Waals surface area contributed by atoms with E-state index in [0.717, 1.165) is 50.4 Å². The number of hydrogen-bond donors (Lipinski definition) is 0. The van der Waals surface area contributed by atoms with Crippen LogP contribution in [0.1, 0.15) is 5.56 Å². The van der Waals surface area contributed by atoms with Crippen LogP contribution in [0, 0.1) is 0 Å². The van der Waals surface area contributed by atoms with Crippen molar-refractivity contribution in [3.63, 3.8) is 0 Å². The summed E-state index contributed by atoms with van der Waals surface area (Å²) < 4.78 is 2.21. The second kappa shape index (κ2) is 8.36. The Balaban J connectivity index is 1.82. The van der Waals surface area contributed by atoms with Gasteiger partial charge in [-0.15, -0.1) is 0 Å². The number of benzene rings is 3. The van der Waals surface area contributed by atoms with Crippen LogP contribution in [0.15, 0.2) is 102 Å². The number of likely N-dealkylation sites (N-methyl/N-ethyl adjacent to an activating group) is 1. The minimum Gasteiger partial charge on any atom is -0.309 e. The van der Waals surface area contributed by atoms with Crippen LogP contribution in [0.4, 0.5) is 4.79 Å². The number of thioether (sulfide) groups is 1. The standard InChI is InChI=1S/C27H20N2O2S/c1-28-26(30)24(32-27(28)31)18-21-17-23(19-11-5-2-6-12-19)29(22-15-9-4-10-16-22)25(21)20-13-7-3-8-14-20/h2-18H,1H3/b24-18+. The van der Waals surface area contributed by atoms with E-state index in [0.29, 0.717) is 4.91 Å². The maximum absolute atomic E-state index is 12.6. The van der Waals surface area contributed by atoms with Gasteiger partial charge in [0.2, 0.25) is 0 Å². The van der Waals surface area contributed by atoms with E-state index in [1.165, 1.54) is 7.05 Å². The van der Waals surface area contributed by atoms with E-state index in [1.54, 1.807) is 0 Å². The summed E-state index contributed by atoms with van der Waals surface area (Å²) >= 11 is 0.977. The molecule has 1 fully saturated rings. The van der Waals surface area contributed by atoms with E-state index < -0.39 is 0 Å². The molecule has 3 aromatic carbocycles. The number of carbonyl (C=O) groups excluding carboxylic acids is 2. The Morgan fingerprint density at radius 3 is 1.88 bits per heavy atom. The Kier molecular flexibility index (Phi) is 5.25. The van der Waals surface area contributed by atoms with Crippen LogP contribution in [0.3, 0.4) is 0 Å². The molecule has 32 heavy (non-hydrogen) atoms. The molecule has 0 radical (unpaired) electrons. The Hall–Kier alpha value is -3.83. The third-order valence-electron chi connectivity index (χ3n) is 5.43. The molecule has 0 bridgehead atoms. The maximum atomic E-state index is 12.6. The Bertz CT molecular complexity index is 1330. The van der Waals surface area contributed by atoms with Crippen LogP contribution in [0.25, 0.3) is 34.3 Å². The van der Waals surface area contributed by atoms with Crippen LogP contribution in [0.2, 0.25) is 0 Å². The van der Waals surface area contributed by atoms with Crippen LogP contribution in [0.5, 0.6) is 0 Å². The van der Waals surface area contributed by atoms with Crippen LogP contribution in [-0.2, 0) is 4.79 Å². The zero-order valence-corrected chi connectivity index (χ0v) is 18.3. The first-order valence-electron chi connectivity index (χ1n) is 10.3. The maximum Gasteiger partial charge on any atom is 0.293 e. The zero-order chi connectivity index (χ0) is 22.1. The Morgan fingerprint density at radius 2 is 1.31 bits per heavy atom. The summed E-state index contributed by atoms with van der Waals surface area (Å²) in [6.45, 7) is 0. The lowest BCUT2D eigenvalue weighted by atomic mass is 10.1. The molecule has 4 nitrogen and oxygen atoms in total. The highest BCUT2D eigenvalue weighted by Gasteiger charge is 2.32. The van der Waals surface area contributed by atoms with Gasteiger partial charge in [-0.2, -0.15) is 0 Å². The van der Waals surface area contributed by atoms with Crippen molar-refractivity contribution >= 4 is 29.0 Å². The molecule has 1 aliphatic rings. The SMILES string of the molecule is CN1C(=O)S/C(=C/c2cc(-c3ccccc3)n(-c3ccccc3)c2-c2ccccc2)C1=O. The summed E-state index contributed by atoms with van der Waals surface area (Å²) in [5.74, 6) is -0.271. The molecule has 5 heteroatoms. The molecule has 1 aliphatic heterocycles. The number of para-hydroxylation sites is 1. The van der Waals surface area contributed by atoms with Gasteiger partial charge in [0.05, 0.1) is 16.3 Å². The van der Waals surface area contributed by atoms with Gasteiger partial charge in [-0.3, -0.25) is 14.5 Å². The van der Waals surface area contributed by atoms with Gasteiger partial charge in [0.1, 0.15) is 0 Å². The van der Waals surface area contributed by atoms with E-state index in [9.17, 15) is 9.59 Å². The van der Waals surface area contributed by atoms with Gasteiger partial charge in [0, 0.05) is 18.3 Å². The van der Waals surface area contributed by atoms with Gasteiger partial charge in [0.15, 0.2) is 0 Å². The summed E-state index contributed by atoms with van der Waals surface area (Å²) in [5.41, 5.74) is 5.99. The largest absolute Gasteiger partial charge is 0.309 e. The van der Waals surface area contributed by atoms with E-state index in [4.69, 9.17) is 0 Å². The van der Waals surface area contributed by atoms with Crippen molar-refractivity contribution in [2.75, 3.05) is 7.05 Å². The van der Waals surface area contributed by atoms with Crippen LogP contribution in [-0.4, -0.2) is 27.7 Å². The third kappa shape index (κ3) is 3.57. The third-order valence-corrected chi connectivity index (χ3v) is 6.40. The van der Waals surface area contributed by atoms with E-state index in [2.05, 4.69) is 47.0 Å². The van der Waals surface area contributed by atoms with Crippen LogP contribution < -0.4 is 0 Å². The van der Waals surface area contributed by atoms with Crippen molar-refractivity contribution in [2.45, 2.75) is 0 Å². The number of amides is 2. The fourth-order valence-electron chi connectivity index (χ4n) is 3.88. The molecule has 1 aromatic heterocycles. The fraction of sp³-hybridized carbons (Fsp3) is 0.0370. The van der Waals surface area contributed by atoms with Gasteiger partial charge < -0.3 is 4.57 Å². The molecule has 2 heterocycles. The van der Waals surface area contributed by atoms with Crippen molar-refractivity contribution in [3.05, 3.63) is 108 Å². The molecule has 0 saturated carbocycles. The van der Waals surface area contributed by atoms with Crippen LogP contribution >= 0.6 is 11.8 Å². The molecule has 0 atom stereocenters. The molecule has 156 valence electrons. The lowest BCUT2D eigenvalue weighted by molar-refractivity contribution is -0.121. The number of imide groups is 1. The van der Waals surface area contributed by atoms with Crippen molar-refractivity contribution in [1.82, 2.24) is 9.47 Å². The van der Waals surface area contributed by atoms with Crippen molar-refractivity contribution < 1.29 is 9.59 Å². The van der Waals surface area contributed by atoms with Crippen molar-refractivity contribution in [2.24, 2.45) is 0 Å². The highest BCUT2D eigenvalue weighted by Crippen LogP contribution is 2.39. The summed E-state index contributed by atoms with van der Waals surface area (Å²) in [6.07, 6.45) is 1.84. The van der Waals surface area contributed by atoms with E-state index in [1.807, 2.05) is 60.7 Å². The van der Waals surface area contributed by atoms with Gasteiger partial charge >= 0.3 is 0 Å². The van der Waals surface area contributed by atoms with Gasteiger partial charge in [-0.05, 0) is 47.2 Å². The Labute approximate surface area is 190 Å². The highest BCUT2D eigenvalue weighted by molar-refractivity contribution is 8.18. The van der Waals surface area contributed by atoms with Crippen molar-refractivity contribution in [3.8, 4) is 28.2 Å². The fourth-order valence-corrected chi connectivity index (χ4v) is 4.70. The first-order chi connectivity index (χ1) is 15.6. The second-order valence-corrected chi connectivity index (χ2v) is 8.47. The number of carbonyl (C=O) groups is 2. The van der Waals surface area contributed by atoms with Gasteiger partial charge in [-0.1, -0.05) is 78.9 Å². The minimum absolute atomic E-state index is 0.256. The molecule has 2 amide bonds. The number of aromatic nitrogens is 1. The van der Waals surface area contributed by atoms with Gasteiger partial charge in [0.25, 0.3) is 11.1 Å². The molecule has 0 aliphatic carbocycles. The molecule has 4 aromatic rings. The van der Waals surface area contributed by atoms with E-state index >= 15 is 0 Å².